The molecule has 0 aromatic heterocycles. The van der Waals surface area contributed by atoms with Gasteiger partial charge in [0.15, 0.2) is 5.78 Å². The van der Waals surface area contributed by atoms with E-state index >= 15 is 0 Å². The van der Waals surface area contributed by atoms with E-state index in [0.717, 1.165) is 0 Å². The maximum atomic E-state index is 12.7. The molecule has 0 spiro atoms. The zero-order valence-corrected chi connectivity index (χ0v) is 13.8. The highest BCUT2D eigenvalue weighted by Crippen LogP contribution is 2.47. The van der Waals surface area contributed by atoms with Crippen LogP contribution >= 0.6 is 23.5 Å². The number of benzene rings is 1. The first-order valence-electron chi connectivity index (χ1n) is 6.36. The number of carbonyl (C=O) groups is 1. The summed E-state index contributed by atoms with van der Waals surface area (Å²) in [6.45, 7) is 4.30. The van der Waals surface area contributed by atoms with Crippen LogP contribution < -0.4 is 10.0 Å². The van der Waals surface area contributed by atoms with Gasteiger partial charge in [-0.3, -0.25) is 9.36 Å². The minimum Gasteiger partial charge on any atom is -0.491 e. The first-order chi connectivity index (χ1) is 9.51. The summed E-state index contributed by atoms with van der Waals surface area (Å²) in [4.78, 5) is 11.7. The van der Waals surface area contributed by atoms with Crippen molar-refractivity contribution >= 4 is 34.6 Å². The van der Waals surface area contributed by atoms with E-state index in [-0.39, 0.29) is 23.8 Å². The van der Waals surface area contributed by atoms with E-state index in [1.807, 2.05) is 0 Å². The van der Waals surface area contributed by atoms with Gasteiger partial charge in [-0.05, 0) is 32.0 Å². The maximum absolute atomic E-state index is 12.7. The molecule has 0 radical (unpaired) electrons. The molecule has 0 fully saturated rings. The van der Waals surface area contributed by atoms with Crippen LogP contribution in [-0.2, 0) is 13.6 Å². The van der Waals surface area contributed by atoms with Gasteiger partial charge < -0.3 is 13.8 Å². The fourth-order valence-electron chi connectivity index (χ4n) is 1.94. The van der Waals surface area contributed by atoms with Gasteiger partial charge >= 0.3 is 7.60 Å². The Morgan fingerprint density at radius 3 is 2.60 bits per heavy atom. The lowest BCUT2D eigenvalue weighted by Crippen LogP contribution is -2.29. The van der Waals surface area contributed by atoms with E-state index < -0.39 is 7.60 Å². The van der Waals surface area contributed by atoms with Crippen molar-refractivity contribution in [2.75, 3.05) is 19.8 Å². The van der Waals surface area contributed by atoms with Gasteiger partial charge in [0.05, 0.1) is 24.1 Å². The van der Waals surface area contributed by atoms with Gasteiger partial charge in [-0.25, -0.2) is 0 Å². The van der Waals surface area contributed by atoms with E-state index in [1.165, 1.54) is 6.07 Å². The molecule has 7 heteroatoms. The lowest BCUT2D eigenvalue weighted by molar-refractivity contribution is 0.0946. The van der Waals surface area contributed by atoms with E-state index in [2.05, 4.69) is 15.9 Å². The number of ketones is 1. The maximum Gasteiger partial charge on any atom is 0.361 e. The van der Waals surface area contributed by atoms with Gasteiger partial charge in [0.2, 0.25) is 0 Å². The Balaban J connectivity index is 2.43. The molecule has 0 aliphatic carbocycles. The third-order valence-corrected chi connectivity index (χ3v) is 5.60. The lowest BCUT2D eigenvalue weighted by atomic mass is 10.1. The minimum atomic E-state index is -3.39. The lowest BCUT2D eigenvalue weighted by Gasteiger charge is -2.23. The number of hydrogen-bond donors (Lipinski definition) is 0. The van der Waals surface area contributed by atoms with E-state index in [1.54, 1.807) is 26.0 Å². The summed E-state index contributed by atoms with van der Waals surface area (Å²) in [7, 11) is -3.39. The van der Waals surface area contributed by atoms with Crippen molar-refractivity contribution in [3.05, 3.63) is 23.8 Å². The Bertz CT molecular complexity index is 550. The monoisotopic (exact) mass is 362 g/mol. The average molecular weight is 363 g/mol. The van der Waals surface area contributed by atoms with Gasteiger partial charge in [-0.15, -0.1) is 0 Å². The second kappa shape index (κ2) is 6.39. The van der Waals surface area contributed by atoms with Crippen molar-refractivity contribution in [2.24, 2.45) is 0 Å². The quantitative estimate of drug-likeness (QED) is 0.595. The van der Waals surface area contributed by atoms with Gasteiger partial charge in [-0.2, -0.15) is 0 Å². The molecular formula is C13H16BrO5P. The fraction of sp³-hybridized carbons (Fsp3) is 0.462. The van der Waals surface area contributed by atoms with Crippen molar-refractivity contribution in [1.82, 2.24) is 0 Å². The third kappa shape index (κ3) is 2.98. The number of fused-ring (bicyclic) bond motifs is 1. The van der Waals surface area contributed by atoms with Crippen molar-refractivity contribution in [1.29, 1.82) is 0 Å². The molecule has 110 valence electrons. The third-order valence-electron chi connectivity index (χ3n) is 2.81. The van der Waals surface area contributed by atoms with E-state index in [9.17, 15) is 9.36 Å². The van der Waals surface area contributed by atoms with Crippen LogP contribution in [0.5, 0.6) is 5.75 Å². The van der Waals surface area contributed by atoms with Crippen molar-refractivity contribution in [3.8, 4) is 5.75 Å². The summed E-state index contributed by atoms with van der Waals surface area (Å²) in [5, 5.41) is 0.374. The Labute approximate surface area is 126 Å². The van der Waals surface area contributed by atoms with Gasteiger partial charge in [0.25, 0.3) is 0 Å². The Hall–Kier alpha value is -0.680. The average Bonchev–Trinajstić information content (AvgIpc) is 2.43. The number of ether oxygens (including phenoxy) is 1. The first-order valence-corrected chi connectivity index (χ1v) is 8.82. The molecule has 1 aliphatic heterocycles. The van der Waals surface area contributed by atoms with Crippen LogP contribution in [0, 0.1) is 0 Å². The van der Waals surface area contributed by atoms with Crippen LogP contribution in [0.4, 0.5) is 0 Å². The highest BCUT2D eigenvalue weighted by atomic mass is 79.9. The van der Waals surface area contributed by atoms with E-state index in [0.29, 0.717) is 23.2 Å². The molecule has 0 N–H and O–H groups in total. The van der Waals surface area contributed by atoms with Crippen molar-refractivity contribution < 1.29 is 23.1 Å². The SMILES string of the molecule is CCOP(=O)(OCC)c1ccc2c(c1)C(=O)C(Br)CO2. The van der Waals surface area contributed by atoms with Crippen LogP contribution in [0.2, 0.25) is 0 Å². The Morgan fingerprint density at radius 2 is 2.00 bits per heavy atom. The summed E-state index contributed by atoms with van der Waals surface area (Å²) in [5.74, 6) is 0.404. The molecule has 1 heterocycles. The molecule has 20 heavy (non-hydrogen) atoms. The molecule has 0 saturated heterocycles. The standard InChI is InChI=1S/C13H16BrO5P/c1-3-18-20(16,19-4-2)9-5-6-12-10(7-9)13(15)11(14)8-17-12/h5-7,11H,3-4,8H2,1-2H3. The smallest absolute Gasteiger partial charge is 0.361 e. The summed E-state index contributed by atoms with van der Waals surface area (Å²) < 4.78 is 28.7. The number of halogens is 1. The molecule has 1 aromatic rings. The molecule has 5 nitrogen and oxygen atoms in total. The van der Waals surface area contributed by atoms with Gasteiger partial charge in [-0.1, -0.05) is 15.9 Å². The van der Waals surface area contributed by atoms with Crippen LogP contribution in [0.3, 0.4) is 0 Å². The van der Waals surface area contributed by atoms with E-state index in [4.69, 9.17) is 13.8 Å². The zero-order chi connectivity index (χ0) is 14.8. The molecule has 1 unspecified atom stereocenters. The summed E-state index contributed by atoms with van der Waals surface area (Å²) in [5.41, 5.74) is 0.398. The molecule has 1 aromatic carbocycles. The molecule has 2 rings (SSSR count). The second-order valence-corrected chi connectivity index (χ2v) is 7.29. The normalized spacial score (nSPS) is 18.6. The predicted molar refractivity (Wildman–Crippen MR) is 79.5 cm³/mol. The summed E-state index contributed by atoms with van der Waals surface area (Å²) >= 11 is 3.25. The fourth-order valence-corrected chi connectivity index (χ4v) is 3.92. The number of alkyl halides is 1. The second-order valence-electron chi connectivity index (χ2n) is 4.16. The largest absolute Gasteiger partial charge is 0.491 e. The highest BCUT2D eigenvalue weighted by molar-refractivity contribution is 9.10. The van der Waals surface area contributed by atoms with Crippen LogP contribution in [-0.4, -0.2) is 30.4 Å². The predicted octanol–water partition coefficient (Wildman–Crippen LogP) is 2.92. The van der Waals surface area contributed by atoms with Crippen molar-refractivity contribution in [2.45, 2.75) is 18.7 Å². The molecule has 0 amide bonds. The topological polar surface area (TPSA) is 61.8 Å². The van der Waals surface area contributed by atoms with Crippen LogP contribution in [0.1, 0.15) is 24.2 Å². The molecule has 1 aliphatic rings. The van der Waals surface area contributed by atoms with Gasteiger partial charge in [0, 0.05) is 0 Å². The first kappa shape index (κ1) is 15.7. The zero-order valence-electron chi connectivity index (χ0n) is 11.3. The Morgan fingerprint density at radius 1 is 1.35 bits per heavy atom. The molecule has 0 saturated carbocycles. The van der Waals surface area contributed by atoms with Gasteiger partial charge in [0.1, 0.15) is 17.2 Å². The molecule has 1 atom stereocenters. The number of hydrogen-bond acceptors (Lipinski definition) is 5. The summed E-state index contributed by atoms with van der Waals surface area (Å²) in [6, 6.07) is 4.79. The van der Waals surface area contributed by atoms with Crippen LogP contribution in [0.25, 0.3) is 0 Å². The van der Waals surface area contributed by atoms with Crippen molar-refractivity contribution in [3.63, 3.8) is 0 Å². The summed E-state index contributed by atoms with van der Waals surface area (Å²) in [6.07, 6.45) is 0. The molecular weight excluding hydrogens is 347 g/mol. The Kier molecular flexibility index (Phi) is 5.02. The number of Topliss-reactive ketones (excluding diaryl/α,β-unsaturated/α-hetero) is 1. The minimum absolute atomic E-state index is 0.0901. The number of carbonyl (C=O) groups excluding carboxylic acids is 1. The highest BCUT2D eigenvalue weighted by Gasteiger charge is 2.32. The van der Waals surface area contributed by atoms with Crippen LogP contribution in [0.15, 0.2) is 18.2 Å². The molecule has 0 bridgehead atoms. The number of rotatable bonds is 5.